The lowest BCUT2D eigenvalue weighted by Gasteiger charge is -2.60. The summed E-state index contributed by atoms with van der Waals surface area (Å²) in [5, 5.41) is 0. The predicted octanol–water partition coefficient (Wildman–Crippen LogP) is 2.75. The van der Waals surface area contributed by atoms with Crippen LogP contribution in [0, 0.1) is 28.1 Å². The summed E-state index contributed by atoms with van der Waals surface area (Å²) in [6.07, 6.45) is 9.21. The molecule has 4 rings (SSSR count). The number of esters is 1. The van der Waals surface area contributed by atoms with Gasteiger partial charge in [-0.1, -0.05) is 19.1 Å². The van der Waals surface area contributed by atoms with Gasteiger partial charge in [-0.15, -0.1) is 0 Å². The van der Waals surface area contributed by atoms with Crippen LogP contribution in [0.2, 0.25) is 0 Å². The SMILES string of the molecule is COC(=O)C1(C)C2CCC(C)C23C=CC1(C=O)CC3. The zero-order chi connectivity index (χ0) is 13.9. The van der Waals surface area contributed by atoms with Gasteiger partial charge >= 0.3 is 5.97 Å². The van der Waals surface area contributed by atoms with Crippen molar-refractivity contribution in [2.75, 3.05) is 7.11 Å². The topological polar surface area (TPSA) is 43.4 Å². The zero-order valence-electron chi connectivity index (χ0n) is 11.9. The van der Waals surface area contributed by atoms with E-state index >= 15 is 0 Å². The lowest BCUT2D eigenvalue weighted by Crippen LogP contribution is -2.61. The van der Waals surface area contributed by atoms with E-state index in [1.54, 1.807) is 0 Å². The van der Waals surface area contributed by atoms with Crippen molar-refractivity contribution < 1.29 is 14.3 Å². The van der Waals surface area contributed by atoms with E-state index in [2.05, 4.69) is 13.0 Å². The Balaban J connectivity index is 2.21. The van der Waals surface area contributed by atoms with Crippen LogP contribution < -0.4 is 0 Å². The predicted molar refractivity (Wildman–Crippen MR) is 71.3 cm³/mol. The molecule has 0 aromatic heterocycles. The molecule has 2 fully saturated rings. The van der Waals surface area contributed by atoms with Crippen LogP contribution in [0.15, 0.2) is 12.2 Å². The molecule has 5 atom stereocenters. The minimum Gasteiger partial charge on any atom is -0.469 e. The summed E-state index contributed by atoms with van der Waals surface area (Å²) in [7, 11) is 1.43. The molecule has 0 amide bonds. The fourth-order valence-electron chi connectivity index (χ4n) is 5.24. The van der Waals surface area contributed by atoms with E-state index in [4.69, 9.17) is 4.74 Å². The minimum atomic E-state index is -0.693. The molecule has 5 unspecified atom stereocenters. The standard InChI is InChI=1S/C16H22O3/c1-11-4-5-12-14(2,13(18)19-3)15(10-17)6-8-16(11,12)9-7-15/h6,8,10-12H,4-5,7,9H2,1-3H3. The van der Waals surface area contributed by atoms with E-state index < -0.39 is 10.8 Å². The molecule has 3 nitrogen and oxygen atoms in total. The van der Waals surface area contributed by atoms with Crippen molar-refractivity contribution in [2.45, 2.75) is 39.5 Å². The Hall–Kier alpha value is -1.12. The van der Waals surface area contributed by atoms with Crippen LogP contribution in [-0.2, 0) is 14.3 Å². The summed E-state index contributed by atoms with van der Waals surface area (Å²) in [4.78, 5) is 24.3. The summed E-state index contributed by atoms with van der Waals surface area (Å²) < 4.78 is 5.08. The maximum absolute atomic E-state index is 12.5. The summed E-state index contributed by atoms with van der Waals surface area (Å²) in [5.41, 5.74) is -1.24. The molecule has 0 aliphatic heterocycles. The molecule has 2 bridgehead atoms. The third kappa shape index (κ3) is 1.20. The Kier molecular flexibility index (Phi) is 2.52. The van der Waals surface area contributed by atoms with Gasteiger partial charge in [-0.05, 0) is 49.9 Å². The molecule has 1 spiro atoms. The molecule has 104 valence electrons. The van der Waals surface area contributed by atoms with Crippen molar-refractivity contribution in [3.8, 4) is 0 Å². The fraction of sp³-hybridized carbons (Fsp3) is 0.750. The third-order valence-electron chi connectivity index (χ3n) is 6.60. The van der Waals surface area contributed by atoms with Gasteiger partial charge in [0.2, 0.25) is 0 Å². The van der Waals surface area contributed by atoms with Crippen molar-refractivity contribution in [3.05, 3.63) is 12.2 Å². The van der Waals surface area contributed by atoms with Crippen LogP contribution in [0.3, 0.4) is 0 Å². The Bertz CT molecular complexity index is 469. The molecular weight excluding hydrogens is 240 g/mol. The number of hydrogen-bond donors (Lipinski definition) is 0. The Morgan fingerprint density at radius 2 is 2.05 bits per heavy atom. The molecule has 19 heavy (non-hydrogen) atoms. The molecule has 0 saturated heterocycles. The number of ether oxygens (including phenoxy) is 1. The Labute approximate surface area is 114 Å². The summed E-state index contributed by atoms with van der Waals surface area (Å²) in [5.74, 6) is 0.612. The van der Waals surface area contributed by atoms with E-state index in [-0.39, 0.29) is 17.3 Å². The zero-order valence-corrected chi connectivity index (χ0v) is 11.9. The van der Waals surface area contributed by atoms with Gasteiger partial charge in [0.15, 0.2) is 0 Å². The smallest absolute Gasteiger partial charge is 0.313 e. The molecule has 4 aliphatic carbocycles. The van der Waals surface area contributed by atoms with E-state index in [0.29, 0.717) is 5.92 Å². The fourth-order valence-corrected chi connectivity index (χ4v) is 5.24. The highest BCUT2D eigenvalue weighted by atomic mass is 16.5. The maximum atomic E-state index is 12.5. The van der Waals surface area contributed by atoms with Crippen LogP contribution in [0.5, 0.6) is 0 Å². The van der Waals surface area contributed by atoms with Crippen LogP contribution in [0.1, 0.15) is 39.5 Å². The molecule has 2 saturated carbocycles. The average Bonchev–Trinajstić information content (AvgIpc) is 2.78. The quantitative estimate of drug-likeness (QED) is 0.436. The second-order valence-electron chi connectivity index (χ2n) is 6.83. The van der Waals surface area contributed by atoms with Gasteiger partial charge in [-0.3, -0.25) is 4.79 Å². The molecule has 0 heterocycles. The first-order chi connectivity index (χ1) is 8.97. The molecule has 0 N–H and O–H groups in total. The highest BCUT2D eigenvalue weighted by Gasteiger charge is 2.70. The number of carbonyl (C=O) groups excluding carboxylic acids is 2. The van der Waals surface area contributed by atoms with Crippen LogP contribution in [0.4, 0.5) is 0 Å². The van der Waals surface area contributed by atoms with Crippen molar-refractivity contribution in [1.82, 2.24) is 0 Å². The van der Waals surface area contributed by atoms with Crippen molar-refractivity contribution in [2.24, 2.45) is 28.1 Å². The molecule has 0 aromatic rings. The van der Waals surface area contributed by atoms with Gasteiger partial charge < -0.3 is 9.53 Å². The Morgan fingerprint density at radius 1 is 1.32 bits per heavy atom. The molecule has 3 heteroatoms. The lowest BCUT2D eigenvalue weighted by atomic mass is 9.42. The summed E-state index contributed by atoms with van der Waals surface area (Å²) in [6, 6.07) is 0. The number of hydrogen-bond acceptors (Lipinski definition) is 3. The number of aldehydes is 1. The molecular formula is C16H22O3. The van der Waals surface area contributed by atoms with E-state index in [1.807, 2.05) is 13.0 Å². The number of allylic oxidation sites excluding steroid dienone is 2. The lowest BCUT2D eigenvalue weighted by molar-refractivity contribution is -0.179. The van der Waals surface area contributed by atoms with Gasteiger partial charge in [0.05, 0.1) is 17.9 Å². The minimum absolute atomic E-state index is 0.105. The normalized spacial score (nSPS) is 50.9. The van der Waals surface area contributed by atoms with Gasteiger partial charge in [0.25, 0.3) is 0 Å². The average molecular weight is 262 g/mol. The number of rotatable bonds is 2. The van der Waals surface area contributed by atoms with Gasteiger partial charge in [0.1, 0.15) is 6.29 Å². The maximum Gasteiger partial charge on any atom is 0.313 e. The highest BCUT2D eigenvalue weighted by Crippen LogP contribution is 2.71. The third-order valence-corrected chi connectivity index (χ3v) is 6.60. The van der Waals surface area contributed by atoms with E-state index in [1.165, 1.54) is 7.11 Å². The second-order valence-corrected chi connectivity index (χ2v) is 6.83. The van der Waals surface area contributed by atoms with Gasteiger partial charge in [-0.2, -0.15) is 0 Å². The van der Waals surface area contributed by atoms with Crippen LogP contribution in [-0.4, -0.2) is 19.4 Å². The van der Waals surface area contributed by atoms with Crippen molar-refractivity contribution in [3.63, 3.8) is 0 Å². The largest absolute Gasteiger partial charge is 0.469 e. The van der Waals surface area contributed by atoms with Crippen molar-refractivity contribution in [1.29, 1.82) is 0 Å². The molecule has 0 aromatic carbocycles. The first-order valence-corrected chi connectivity index (χ1v) is 7.22. The van der Waals surface area contributed by atoms with Crippen molar-refractivity contribution >= 4 is 12.3 Å². The van der Waals surface area contributed by atoms with Gasteiger partial charge in [-0.25, -0.2) is 0 Å². The number of fused-ring (bicyclic) bond motifs is 1. The molecule has 0 radical (unpaired) electrons. The monoisotopic (exact) mass is 262 g/mol. The van der Waals surface area contributed by atoms with E-state index in [0.717, 1.165) is 32.0 Å². The van der Waals surface area contributed by atoms with Crippen LogP contribution >= 0.6 is 0 Å². The van der Waals surface area contributed by atoms with Gasteiger partial charge in [0, 0.05) is 0 Å². The Morgan fingerprint density at radius 3 is 2.58 bits per heavy atom. The summed E-state index contributed by atoms with van der Waals surface area (Å²) >= 11 is 0. The first kappa shape index (κ1) is 12.9. The number of carbonyl (C=O) groups is 2. The van der Waals surface area contributed by atoms with E-state index in [9.17, 15) is 9.59 Å². The second kappa shape index (κ2) is 3.71. The van der Waals surface area contributed by atoms with Crippen LogP contribution in [0.25, 0.3) is 0 Å². The first-order valence-electron chi connectivity index (χ1n) is 7.22. The molecule has 4 aliphatic rings. The number of methoxy groups -OCH3 is 1. The highest BCUT2D eigenvalue weighted by molar-refractivity contribution is 5.86. The summed E-state index contributed by atoms with van der Waals surface area (Å²) in [6.45, 7) is 4.23.